The molecule has 3 aromatic carbocycles. The SMILES string of the molecule is Nc1nccn2c(C3CCC3)nc(-c3ccc(Oc4ccccc4)c4ccccc34)c12. The minimum Gasteiger partial charge on any atom is -0.457 e. The number of nitrogen functional groups attached to an aromatic ring is 1. The van der Waals surface area contributed by atoms with Crippen molar-refractivity contribution in [2.45, 2.75) is 25.2 Å². The molecule has 2 aromatic heterocycles. The highest BCUT2D eigenvalue weighted by molar-refractivity contribution is 6.03. The Morgan fingerprint density at radius 1 is 0.903 bits per heavy atom. The molecule has 1 aliphatic carbocycles. The lowest BCUT2D eigenvalue weighted by Gasteiger charge is -2.23. The van der Waals surface area contributed by atoms with Crippen molar-refractivity contribution < 1.29 is 4.74 Å². The molecule has 0 aliphatic heterocycles. The second kappa shape index (κ2) is 7.13. The van der Waals surface area contributed by atoms with Gasteiger partial charge in [-0.1, -0.05) is 48.9 Å². The molecule has 1 fully saturated rings. The normalized spacial score (nSPS) is 14.1. The maximum absolute atomic E-state index is 6.35. The lowest BCUT2D eigenvalue weighted by Crippen LogP contribution is -2.12. The standard InChI is InChI=1S/C26H22N4O/c27-25-24-23(29-26(17-7-6-8-17)30(24)16-15-28-25)21-13-14-22(20-12-5-4-11-19(20)21)31-18-9-2-1-3-10-18/h1-5,9-17H,6-8H2,(H2,27,28). The van der Waals surface area contributed by atoms with Gasteiger partial charge in [0.05, 0.1) is 0 Å². The van der Waals surface area contributed by atoms with Crippen LogP contribution in [-0.4, -0.2) is 14.4 Å². The number of imidazole rings is 1. The van der Waals surface area contributed by atoms with Crippen molar-refractivity contribution in [3.8, 4) is 22.8 Å². The summed E-state index contributed by atoms with van der Waals surface area (Å²) in [5.74, 6) is 3.70. The molecule has 0 unspecified atom stereocenters. The smallest absolute Gasteiger partial charge is 0.150 e. The molecule has 152 valence electrons. The molecule has 1 aliphatic rings. The van der Waals surface area contributed by atoms with E-state index in [2.05, 4.69) is 27.6 Å². The quantitative estimate of drug-likeness (QED) is 0.386. The summed E-state index contributed by atoms with van der Waals surface area (Å²) >= 11 is 0. The molecule has 31 heavy (non-hydrogen) atoms. The number of rotatable bonds is 4. The average molecular weight is 406 g/mol. The first-order chi connectivity index (χ1) is 15.3. The number of benzene rings is 3. The summed E-state index contributed by atoms with van der Waals surface area (Å²) in [4.78, 5) is 9.46. The van der Waals surface area contributed by atoms with Gasteiger partial charge in [0.15, 0.2) is 0 Å². The molecule has 0 saturated heterocycles. The van der Waals surface area contributed by atoms with Crippen LogP contribution in [0.2, 0.25) is 0 Å². The molecule has 0 bridgehead atoms. The Kier molecular flexibility index (Phi) is 4.13. The molecule has 0 radical (unpaired) electrons. The Morgan fingerprint density at radius 2 is 1.68 bits per heavy atom. The van der Waals surface area contributed by atoms with E-state index in [0.717, 1.165) is 44.9 Å². The predicted molar refractivity (Wildman–Crippen MR) is 123 cm³/mol. The van der Waals surface area contributed by atoms with Crippen LogP contribution in [0.1, 0.15) is 31.0 Å². The maximum Gasteiger partial charge on any atom is 0.150 e. The molecule has 2 N–H and O–H groups in total. The Morgan fingerprint density at radius 3 is 2.45 bits per heavy atom. The first-order valence-corrected chi connectivity index (χ1v) is 10.7. The van der Waals surface area contributed by atoms with Gasteiger partial charge in [0.25, 0.3) is 0 Å². The summed E-state index contributed by atoms with van der Waals surface area (Å²) in [7, 11) is 0. The van der Waals surface area contributed by atoms with E-state index in [1.165, 1.54) is 19.3 Å². The zero-order valence-electron chi connectivity index (χ0n) is 17.0. The Hall–Kier alpha value is -3.86. The lowest BCUT2D eigenvalue weighted by atomic mass is 9.85. The fourth-order valence-electron chi connectivity index (χ4n) is 4.41. The van der Waals surface area contributed by atoms with Crippen LogP contribution < -0.4 is 10.5 Å². The number of nitrogens with zero attached hydrogens (tertiary/aromatic N) is 3. The summed E-state index contributed by atoms with van der Waals surface area (Å²) in [6, 6.07) is 22.2. The van der Waals surface area contributed by atoms with E-state index in [0.29, 0.717) is 11.7 Å². The van der Waals surface area contributed by atoms with Crippen LogP contribution >= 0.6 is 0 Å². The number of nitrogens with two attached hydrogens (primary N) is 1. The molecule has 6 rings (SSSR count). The Bertz CT molecular complexity index is 1400. The molecule has 0 atom stereocenters. The summed E-state index contributed by atoms with van der Waals surface area (Å²) in [6.07, 6.45) is 7.33. The van der Waals surface area contributed by atoms with Crippen LogP contribution in [0.5, 0.6) is 11.5 Å². The van der Waals surface area contributed by atoms with Crippen LogP contribution in [0.3, 0.4) is 0 Å². The van der Waals surface area contributed by atoms with Crippen molar-refractivity contribution in [3.63, 3.8) is 0 Å². The summed E-state index contributed by atoms with van der Waals surface area (Å²) in [5, 5.41) is 2.12. The first-order valence-electron chi connectivity index (χ1n) is 10.7. The molecule has 2 heterocycles. The van der Waals surface area contributed by atoms with Gasteiger partial charge in [-0.2, -0.15) is 0 Å². The van der Waals surface area contributed by atoms with Crippen LogP contribution in [-0.2, 0) is 0 Å². The van der Waals surface area contributed by atoms with Crippen LogP contribution in [0, 0.1) is 0 Å². The molecule has 5 nitrogen and oxygen atoms in total. The van der Waals surface area contributed by atoms with E-state index >= 15 is 0 Å². The van der Waals surface area contributed by atoms with Crippen LogP contribution in [0.25, 0.3) is 27.5 Å². The highest BCUT2D eigenvalue weighted by Crippen LogP contribution is 2.42. The van der Waals surface area contributed by atoms with Gasteiger partial charge in [0.1, 0.15) is 34.4 Å². The van der Waals surface area contributed by atoms with Gasteiger partial charge in [0, 0.05) is 29.3 Å². The summed E-state index contributed by atoms with van der Waals surface area (Å²) < 4.78 is 8.33. The van der Waals surface area contributed by atoms with Crippen LogP contribution in [0.15, 0.2) is 79.1 Å². The molecule has 1 saturated carbocycles. The van der Waals surface area contributed by atoms with E-state index < -0.39 is 0 Å². The number of anilines is 1. The van der Waals surface area contributed by atoms with Crippen LogP contribution in [0.4, 0.5) is 5.82 Å². The third kappa shape index (κ3) is 2.93. The Labute approximate surface area is 180 Å². The zero-order chi connectivity index (χ0) is 20.8. The lowest BCUT2D eigenvalue weighted by molar-refractivity contribution is 0.400. The second-order valence-electron chi connectivity index (χ2n) is 8.05. The van der Waals surface area contributed by atoms with Crippen molar-refractivity contribution >= 4 is 22.1 Å². The van der Waals surface area contributed by atoms with Gasteiger partial charge in [-0.05, 0) is 42.5 Å². The van der Waals surface area contributed by atoms with E-state index in [1.54, 1.807) is 6.20 Å². The van der Waals surface area contributed by atoms with Gasteiger partial charge in [-0.15, -0.1) is 0 Å². The van der Waals surface area contributed by atoms with E-state index in [9.17, 15) is 0 Å². The monoisotopic (exact) mass is 406 g/mol. The third-order valence-corrected chi connectivity index (χ3v) is 6.19. The molecular formula is C26H22N4O. The number of para-hydroxylation sites is 1. The highest BCUT2D eigenvalue weighted by Gasteiger charge is 2.27. The van der Waals surface area contributed by atoms with E-state index in [4.69, 9.17) is 15.5 Å². The molecule has 0 amide bonds. The minimum absolute atomic E-state index is 0.481. The zero-order valence-corrected chi connectivity index (χ0v) is 17.0. The molecule has 5 heteroatoms. The highest BCUT2D eigenvalue weighted by atomic mass is 16.5. The second-order valence-corrected chi connectivity index (χ2v) is 8.05. The number of ether oxygens (including phenoxy) is 1. The number of fused-ring (bicyclic) bond motifs is 2. The fourth-order valence-corrected chi connectivity index (χ4v) is 4.41. The summed E-state index contributed by atoms with van der Waals surface area (Å²) in [5.41, 5.74) is 9.15. The van der Waals surface area contributed by atoms with Gasteiger partial charge in [-0.25, -0.2) is 9.97 Å². The molecule has 0 spiro atoms. The number of hydrogen-bond acceptors (Lipinski definition) is 4. The van der Waals surface area contributed by atoms with Gasteiger partial charge < -0.3 is 10.5 Å². The predicted octanol–water partition coefficient (Wildman–Crippen LogP) is 6.19. The summed E-state index contributed by atoms with van der Waals surface area (Å²) in [6.45, 7) is 0. The maximum atomic E-state index is 6.35. The van der Waals surface area contributed by atoms with E-state index in [1.807, 2.05) is 54.7 Å². The molecule has 5 aromatic rings. The van der Waals surface area contributed by atoms with Crippen molar-refractivity contribution in [2.24, 2.45) is 0 Å². The topological polar surface area (TPSA) is 65.4 Å². The number of aromatic nitrogens is 3. The van der Waals surface area contributed by atoms with Gasteiger partial charge in [0.2, 0.25) is 0 Å². The Balaban J connectivity index is 1.56. The van der Waals surface area contributed by atoms with E-state index in [-0.39, 0.29) is 0 Å². The van der Waals surface area contributed by atoms with Gasteiger partial charge >= 0.3 is 0 Å². The minimum atomic E-state index is 0.481. The third-order valence-electron chi connectivity index (χ3n) is 6.19. The van der Waals surface area contributed by atoms with Gasteiger partial charge in [-0.3, -0.25) is 4.40 Å². The average Bonchev–Trinajstić information content (AvgIpc) is 3.14. The number of hydrogen-bond donors (Lipinski definition) is 1. The van der Waals surface area contributed by atoms with Crippen molar-refractivity contribution in [2.75, 3.05) is 5.73 Å². The largest absolute Gasteiger partial charge is 0.457 e. The first kappa shape index (κ1) is 18.0. The van der Waals surface area contributed by atoms with Crippen molar-refractivity contribution in [3.05, 3.63) is 84.9 Å². The molecular weight excluding hydrogens is 384 g/mol. The van der Waals surface area contributed by atoms with Crippen molar-refractivity contribution in [1.29, 1.82) is 0 Å². The fraction of sp³-hybridized carbons (Fsp3) is 0.154. The van der Waals surface area contributed by atoms with Crippen molar-refractivity contribution in [1.82, 2.24) is 14.4 Å².